The summed E-state index contributed by atoms with van der Waals surface area (Å²) in [7, 11) is 3.21. The first kappa shape index (κ1) is 19.3. The van der Waals surface area contributed by atoms with E-state index in [1.54, 1.807) is 19.2 Å². The second kappa shape index (κ2) is 8.16. The molecule has 0 aliphatic carbocycles. The number of methoxy groups -OCH3 is 2. The maximum Gasteiger partial charge on any atom is 0.276 e. The van der Waals surface area contributed by atoms with Crippen LogP contribution < -0.4 is 25.4 Å². The van der Waals surface area contributed by atoms with Crippen LogP contribution in [0.1, 0.15) is 25.1 Å². The monoisotopic (exact) mass is 410 g/mol. The first-order valence-electron chi connectivity index (χ1n) is 9.37. The molecule has 0 unspecified atom stereocenters. The Morgan fingerprint density at radius 1 is 1.17 bits per heavy atom. The third-order valence-corrected chi connectivity index (χ3v) is 5.75. The van der Waals surface area contributed by atoms with Gasteiger partial charge in [0.15, 0.2) is 11.3 Å². The second-order valence-corrected chi connectivity index (χ2v) is 7.61. The summed E-state index contributed by atoms with van der Waals surface area (Å²) >= 11 is 1.52. The van der Waals surface area contributed by atoms with Gasteiger partial charge in [0.05, 0.1) is 19.6 Å². The largest absolute Gasteiger partial charge is 0.497 e. The van der Waals surface area contributed by atoms with E-state index in [1.165, 1.54) is 11.8 Å². The van der Waals surface area contributed by atoms with Gasteiger partial charge < -0.3 is 9.47 Å². The summed E-state index contributed by atoms with van der Waals surface area (Å²) in [5.74, 6) is 2.00. The van der Waals surface area contributed by atoms with Crippen LogP contribution in [0.25, 0.3) is 5.70 Å². The molecule has 2 aliphatic heterocycles. The van der Waals surface area contributed by atoms with Crippen molar-refractivity contribution in [1.29, 1.82) is 0 Å². The Morgan fingerprint density at radius 3 is 2.76 bits per heavy atom. The third kappa shape index (κ3) is 3.55. The van der Waals surface area contributed by atoms with E-state index in [2.05, 4.69) is 12.2 Å². The molecule has 2 aromatic rings. The third-order valence-electron chi connectivity index (χ3n) is 4.68. The fourth-order valence-corrected chi connectivity index (χ4v) is 4.03. The standard InChI is InChI=1S/C21H22N4O3S/c1-4-11-29-21-23-20(26)18-14-7-5-6-8-16(14)22-19(25(18)24-21)15-10-9-13(27-2)12-17(15)28-3/h5-10,12,19H,4,11H2,1-3H3,(H,23,24,26)/t19-/m0/s1. The summed E-state index contributed by atoms with van der Waals surface area (Å²) < 4.78 is 10.9. The van der Waals surface area contributed by atoms with Crippen LogP contribution in [-0.2, 0) is 4.79 Å². The first-order chi connectivity index (χ1) is 14.2. The number of amidine groups is 1. The highest BCUT2D eigenvalue weighted by molar-refractivity contribution is 8.13. The highest BCUT2D eigenvalue weighted by Gasteiger charge is 2.35. The van der Waals surface area contributed by atoms with Crippen molar-refractivity contribution in [3.8, 4) is 11.5 Å². The van der Waals surface area contributed by atoms with Crippen molar-refractivity contribution in [2.45, 2.75) is 19.5 Å². The SMILES string of the molecule is CCCSC1=NN2C(=c3ccccc3=N[C@@H]2c2ccc(OC)cc2OC)C(=O)N1. The summed E-state index contributed by atoms with van der Waals surface area (Å²) in [6.07, 6.45) is 0.461. The van der Waals surface area contributed by atoms with Crippen molar-refractivity contribution in [2.75, 3.05) is 20.0 Å². The van der Waals surface area contributed by atoms with Crippen LogP contribution in [-0.4, -0.2) is 36.1 Å². The van der Waals surface area contributed by atoms with Crippen LogP contribution in [0.2, 0.25) is 0 Å². The van der Waals surface area contributed by atoms with E-state index in [0.29, 0.717) is 22.4 Å². The Balaban J connectivity index is 1.91. The van der Waals surface area contributed by atoms with Crippen LogP contribution >= 0.6 is 11.8 Å². The van der Waals surface area contributed by atoms with Crippen molar-refractivity contribution in [1.82, 2.24) is 10.3 Å². The fraction of sp³-hybridized carbons (Fsp3) is 0.286. The van der Waals surface area contributed by atoms with Crippen molar-refractivity contribution in [2.24, 2.45) is 10.1 Å². The number of hydrogen-bond donors (Lipinski definition) is 1. The maximum absolute atomic E-state index is 13.0. The minimum Gasteiger partial charge on any atom is -0.497 e. The summed E-state index contributed by atoms with van der Waals surface area (Å²) in [5.41, 5.74) is 1.29. The molecule has 2 aliphatic rings. The van der Waals surface area contributed by atoms with Gasteiger partial charge in [0.25, 0.3) is 5.91 Å². The van der Waals surface area contributed by atoms with E-state index in [-0.39, 0.29) is 5.91 Å². The number of rotatable bonds is 5. The number of hydrogen-bond acceptors (Lipinski definition) is 7. The number of fused-ring (bicyclic) bond motifs is 2. The molecule has 0 saturated heterocycles. The molecule has 0 bridgehead atoms. The Bertz CT molecular complexity index is 1100. The molecule has 2 heterocycles. The molecule has 0 radical (unpaired) electrons. The zero-order valence-electron chi connectivity index (χ0n) is 16.5. The number of nitrogens with one attached hydrogen (secondary N) is 1. The number of benzene rings is 2. The maximum atomic E-state index is 13.0. The molecule has 150 valence electrons. The van der Waals surface area contributed by atoms with Gasteiger partial charge in [-0.1, -0.05) is 36.9 Å². The first-order valence-corrected chi connectivity index (χ1v) is 10.4. The van der Waals surface area contributed by atoms with Crippen LogP contribution in [0.3, 0.4) is 0 Å². The molecule has 7 nitrogen and oxygen atoms in total. The van der Waals surface area contributed by atoms with Crippen molar-refractivity contribution in [3.63, 3.8) is 0 Å². The Kier molecular flexibility index (Phi) is 5.44. The number of para-hydroxylation sites is 1. The number of amides is 1. The highest BCUT2D eigenvalue weighted by Crippen LogP contribution is 2.37. The number of ether oxygens (including phenoxy) is 2. The predicted molar refractivity (Wildman–Crippen MR) is 113 cm³/mol. The van der Waals surface area contributed by atoms with Crippen LogP contribution in [0, 0.1) is 0 Å². The summed E-state index contributed by atoms with van der Waals surface area (Å²) in [5, 5.41) is 11.4. The quantitative estimate of drug-likeness (QED) is 0.816. The number of nitrogens with zero attached hydrogens (tertiary/aromatic N) is 3. The average Bonchev–Trinajstić information content (AvgIpc) is 2.76. The molecule has 0 fully saturated rings. The van der Waals surface area contributed by atoms with Crippen molar-refractivity contribution in [3.05, 3.63) is 58.6 Å². The molecule has 1 N–H and O–H groups in total. The molecule has 2 aromatic carbocycles. The fourth-order valence-electron chi connectivity index (χ4n) is 3.33. The molecule has 4 rings (SSSR count). The zero-order valence-corrected chi connectivity index (χ0v) is 17.3. The van der Waals surface area contributed by atoms with Crippen molar-refractivity contribution >= 4 is 28.5 Å². The van der Waals surface area contributed by atoms with Gasteiger partial charge in [-0.15, -0.1) is 5.10 Å². The van der Waals surface area contributed by atoms with Crippen LogP contribution in [0.5, 0.6) is 11.5 Å². The van der Waals surface area contributed by atoms with Crippen LogP contribution in [0.15, 0.2) is 52.6 Å². The molecule has 0 spiro atoms. The number of carbonyl (C=O) groups excluding carboxylic acids is 1. The smallest absolute Gasteiger partial charge is 0.276 e. The van der Waals surface area contributed by atoms with Gasteiger partial charge in [0.2, 0.25) is 0 Å². The normalized spacial score (nSPS) is 17.6. The minimum atomic E-state index is -0.524. The van der Waals surface area contributed by atoms with Gasteiger partial charge in [0, 0.05) is 22.6 Å². The number of carbonyl (C=O) groups is 1. The highest BCUT2D eigenvalue weighted by atomic mass is 32.2. The Hall–Kier alpha value is -3.00. The van der Waals surface area contributed by atoms with E-state index >= 15 is 0 Å². The average molecular weight is 410 g/mol. The van der Waals surface area contributed by atoms with E-state index < -0.39 is 6.17 Å². The van der Waals surface area contributed by atoms with Gasteiger partial charge in [0.1, 0.15) is 17.2 Å². The minimum absolute atomic E-state index is 0.182. The lowest BCUT2D eigenvalue weighted by molar-refractivity contribution is -0.116. The molecule has 29 heavy (non-hydrogen) atoms. The molecule has 1 amide bonds. The predicted octanol–water partition coefficient (Wildman–Crippen LogP) is 1.99. The molecular weight excluding hydrogens is 388 g/mol. The van der Waals surface area contributed by atoms with E-state index in [0.717, 1.165) is 28.3 Å². The molecule has 1 atom stereocenters. The van der Waals surface area contributed by atoms with Gasteiger partial charge >= 0.3 is 0 Å². The second-order valence-electron chi connectivity index (χ2n) is 6.53. The molecular formula is C21H22N4O3S. The summed E-state index contributed by atoms with van der Waals surface area (Å²) in [6.45, 7) is 2.09. The molecule has 8 heteroatoms. The molecule has 0 aromatic heterocycles. The van der Waals surface area contributed by atoms with Gasteiger partial charge in [-0.05, 0) is 24.6 Å². The lowest BCUT2D eigenvalue weighted by Gasteiger charge is -2.34. The van der Waals surface area contributed by atoms with E-state index in [4.69, 9.17) is 19.6 Å². The summed E-state index contributed by atoms with van der Waals surface area (Å²) in [6, 6.07) is 13.2. The Morgan fingerprint density at radius 2 is 2.00 bits per heavy atom. The van der Waals surface area contributed by atoms with Gasteiger partial charge in [-0.3, -0.25) is 15.1 Å². The zero-order chi connectivity index (χ0) is 20.4. The van der Waals surface area contributed by atoms with E-state index in [1.807, 2.05) is 42.5 Å². The number of hydrazone groups is 1. The molecule has 0 saturated carbocycles. The number of thioether (sulfide) groups is 1. The lowest BCUT2D eigenvalue weighted by Crippen LogP contribution is -2.50. The topological polar surface area (TPSA) is 75.5 Å². The van der Waals surface area contributed by atoms with Gasteiger partial charge in [-0.25, -0.2) is 5.01 Å². The van der Waals surface area contributed by atoms with E-state index in [9.17, 15) is 4.79 Å². The Labute approximate surface area is 173 Å². The van der Waals surface area contributed by atoms with Crippen molar-refractivity contribution < 1.29 is 14.3 Å². The summed E-state index contributed by atoms with van der Waals surface area (Å²) in [4.78, 5) is 17.9. The van der Waals surface area contributed by atoms with Gasteiger partial charge in [-0.2, -0.15) is 0 Å². The lowest BCUT2D eigenvalue weighted by atomic mass is 10.1. The van der Waals surface area contributed by atoms with Crippen LogP contribution in [0.4, 0.5) is 0 Å².